The molecule has 0 N–H and O–H groups in total. The molecule has 1 aliphatic carbocycles. The third-order valence-corrected chi connectivity index (χ3v) is 8.10. The Bertz CT molecular complexity index is 339. The second kappa shape index (κ2) is 8.02. The van der Waals surface area contributed by atoms with Crippen LogP contribution in [0.25, 0.3) is 0 Å². The fraction of sp³-hybridized carbons (Fsp3) is 1.00. The van der Waals surface area contributed by atoms with Gasteiger partial charge >= 0.3 is 0 Å². The van der Waals surface area contributed by atoms with E-state index in [2.05, 4.69) is 29.8 Å². The molecule has 0 heterocycles. The molecule has 0 radical (unpaired) electrons. The van der Waals surface area contributed by atoms with Gasteiger partial charge in [-0.25, -0.2) is 8.42 Å². The maximum atomic E-state index is 12.7. The maximum Gasteiger partial charge on any atom is 0.153 e. The summed E-state index contributed by atoms with van der Waals surface area (Å²) in [6, 6.07) is 0. The van der Waals surface area contributed by atoms with Crippen LogP contribution >= 0.6 is 15.9 Å². The van der Waals surface area contributed by atoms with Crippen LogP contribution in [0.15, 0.2) is 0 Å². The third kappa shape index (κ3) is 5.04. The molecule has 2 nitrogen and oxygen atoms in total. The largest absolute Gasteiger partial charge is 0.229 e. The molecule has 4 heteroatoms. The molecule has 1 fully saturated rings. The van der Waals surface area contributed by atoms with Crippen molar-refractivity contribution in [3.05, 3.63) is 0 Å². The number of hydrogen-bond donors (Lipinski definition) is 0. The van der Waals surface area contributed by atoms with Gasteiger partial charge in [0.2, 0.25) is 0 Å². The standard InChI is InChI=1S/C15H29BrO2S/c1-3-10-15(12-16,11-4-2)13-19(17,18)14-8-6-5-7-9-14/h14H,3-13H2,1-2H3. The predicted molar refractivity (Wildman–Crippen MR) is 86.7 cm³/mol. The predicted octanol–water partition coefficient (Wildman–Crippen LogP) is 4.72. The van der Waals surface area contributed by atoms with E-state index < -0.39 is 9.84 Å². The van der Waals surface area contributed by atoms with Gasteiger partial charge in [0, 0.05) is 5.33 Å². The second-order valence-electron chi connectivity index (χ2n) is 6.20. The lowest BCUT2D eigenvalue weighted by atomic mass is 9.83. The van der Waals surface area contributed by atoms with Crippen molar-refractivity contribution in [2.24, 2.45) is 5.41 Å². The number of sulfone groups is 1. The summed E-state index contributed by atoms with van der Waals surface area (Å²) in [5.41, 5.74) is -0.0419. The minimum absolute atomic E-state index is 0.0419. The lowest BCUT2D eigenvalue weighted by Gasteiger charge is -2.34. The van der Waals surface area contributed by atoms with Gasteiger partial charge in [0.25, 0.3) is 0 Å². The van der Waals surface area contributed by atoms with Gasteiger partial charge < -0.3 is 0 Å². The minimum atomic E-state index is -2.93. The van der Waals surface area contributed by atoms with Crippen molar-refractivity contribution < 1.29 is 8.42 Å². The molecule has 0 saturated heterocycles. The molecule has 0 aromatic rings. The number of alkyl halides is 1. The molecular formula is C15H29BrO2S. The van der Waals surface area contributed by atoms with Gasteiger partial charge in [-0.05, 0) is 31.1 Å². The Balaban J connectivity index is 2.80. The minimum Gasteiger partial charge on any atom is -0.229 e. The summed E-state index contributed by atoms with van der Waals surface area (Å²) < 4.78 is 25.4. The van der Waals surface area contributed by atoms with E-state index >= 15 is 0 Å². The molecule has 1 aliphatic rings. The first kappa shape index (κ1) is 17.5. The van der Waals surface area contributed by atoms with Gasteiger partial charge in [0.05, 0.1) is 11.0 Å². The summed E-state index contributed by atoms with van der Waals surface area (Å²) in [5.74, 6) is 0.387. The van der Waals surface area contributed by atoms with Crippen LogP contribution in [0.2, 0.25) is 0 Å². The Hall–Kier alpha value is 0.430. The summed E-state index contributed by atoms with van der Waals surface area (Å²) in [7, 11) is -2.93. The first-order valence-electron chi connectivity index (χ1n) is 7.77. The first-order valence-corrected chi connectivity index (χ1v) is 10.6. The molecule has 0 aromatic heterocycles. The van der Waals surface area contributed by atoms with E-state index in [9.17, 15) is 8.42 Å². The molecule has 0 aromatic carbocycles. The lowest BCUT2D eigenvalue weighted by Crippen LogP contribution is -2.37. The molecule has 0 amide bonds. The van der Waals surface area contributed by atoms with E-state index in [1.54, 1.807) is 0 Å². The zero-order chi connectivity index (χ0) is 14.4. The van der Waals surface area contributed by atoms with Crippen molar-refractivity contribution in [3.63, 3.8) is 0 Å². The molecule has 0 atom stereocenters. The summed E-state index contributed by atoms with van der Waals surface area (Å²) in [5, 5.41) is 0.751. The molecular weight excluding hydrogens is 324 g/mol. The second-order valence-corrected chi connectivity index (χ2v) is 9.04. The number of halogens is 1. The van der Waals surface area contributed by atoms with Crippen LogP contribution < -0.4 is 0 Å². The Labute approximate surface area is 127 Å². The zero-order valence-corrected chi connectivity index (χ0v) is 14.9. The van der Waals surface area contributed by atoms with Gasteiger partial charge in [-0.2, -0.15) is 0 Å². The fourth-order valence-corrected chi connectivity index (χ4v) is 7.02. The van der Waals surface area contributed by atoms with Crippen molar-refractivity contribution >= 4 is 25.8 Å². The summed E-state index contributed by atoms with van der Waals surface area (Å²) in [6.45, 7) is 4.31. The van der Waals surface area contributed by atoms with Gasteiger partial charge in [-0.3, -0.25) is 0 Å². The first-order chi connectivity index (χ1) is 8.99. The van der Waals surface area contributed by atoms with Crippen molar-refractivity contribution in [2.45, 2.75) is 76.9 Å². The Kier molecular flexibility index (Phi) is 7.37. The monoisotopic (exact) mass is 352 g/mol. The third-order valence-electron chi connectivity index (χ3n) is 4.41. The van der Waals surface area contributed by atoms with Crippen LogP contribution in [-0.4, -0.2) is 24.8 Å². The van der Waals surface area contributed by atoms with Crippen LogP contribution in [0.1, 0.15) is 71.6 Å². The summed E-state index contributed by atoms with van der Waals surface area (Å²) in [4.78, 5) is 0. The lowest BCUT2D eigenvalue weighted by molar-refractivity contribution is 0.311. The molecule has 19 heavy (non-hydrogen) atoms. The van der Waals surface area contributed by atoms with Gasteiger partial charge in [-0.15, -0.1) is 0 Å². The molecule has 1 rings (SSSR count). The number of hydrogen-bond acceptors (Lipinski definition) is 2. The molecule has 0 bridgehead atoms. The van der Waals surface area contributed by atoms with E-state index in [0.29, 0.717) is 5.75 Å². The highest BCUT2D eigenvalue weighted by Gasteiger charge is 2.37. The highest BCUT2D eigenvalue weighted by atomic mass is 79.9. The topological polar surface area (TPSA) is 34.1 Å². The van der Waals surface area contributed by atoms with Gasteiger partial charge in [0.1, 0.15) is 0 Å². The van der Waals surface area contributed by atoms with Crippen molar-refractivity contribution in [1.29, 1.82) is 0 Å². The van der Waals surface area contributed by atoms with Gasteiger partial charge in [-0.1, -0.05) is 61.9 Å². The van der Waals surface area contributed by atoms with Crippen molar-refractivity contribution in [2.75, 3.05) is 11.1 Å². The molecule has 114 valence electrons. The highest BCUT2D eigenvalue weighted by Crippen LogP contribution is 2.36. The number of rotatable bonds is 8. The Morgan fingerprint density at radius 3 is 2.00 bits per heavy atom. The van der Waals surface area contributed by atoms with E-state index in [4.69, 9.17) is 0 Å². The van der Waals surface area contributed by atoms with Crippen LogP contribution in [-0.2, 0) is 9.84 Å². The van der Waals surface area contributed by atoms with E-state index in [-0.39, 0.29) is 10.7 Å². The fourth-order valence-electron chi connectivity index (χ4n) is 3.47. The molecule has 0 aliphatic heterocycles. The quantitative estimate of drug-likeness (QED) is 0.592. The van der Waals surface area contributed by atoms with Crippen molar-refractivity contribution in [3.8, 4) is 0 Å². The smallest absolute Gasteiger partial charge is 0.153 e. The maximum absolute atomic E-state index is 12.7. The molecule has 0 unspecified atom stereocenters. The van der Waals surface area contributed by atoms with E-state index in [1.807, 2.05) is 0 Å². The Morgan fingerprint density at radius 2 is 1.58 bits per heavy atom. The summed E-state index contributed by atoms with van der Waals surface area (Å²) in [6.07, 6.45) is 9.31. The SMILES string of the molecule is CCCC(CBr)(CCC)CS(=O)(=O)C1CCCCC1. The van der Waals surface area contributed by atoms with Crippen molar-refractivity contribution in [1.82, 2.24) is 0 Å². The molecule has 0 spiro atoms. The average molecular weight is 353 g/mol. The zero-order valence-electron chi connectivity index (χ0n) is 12.5. The molecule has 1 saturated carbocycles. The normalized spacial score (nSPS) is 18.7. The average Bonchev–Trinajstić information content (AvgIpc) is 2.40. The van der Waals surface area contributed by atoms with Crippen LogP contribution in [0, 0.1) is 5.41 Å². The van der Waals surface area contributed by atoms with Crippen LogP contribution in [0.5, 0.6) is 0 Å². The van der Waals surface area contributed by atoms with Crippen LogP contribution in [0.4, 0.5) is 0 Å². The van der Waals surface area contributed by atoms with Gasteiger partial charge in [0.15, 0.2) is 9.84 Å². The summed E-state index contributed by atoms with van der Waals surface area (Å²) >= 11 is 3.59. The Morgan fingerprint density at radius 1 is 1.05 bits per heavy atom. The van der Waals surface area contributed by atoms with E-state index in [1.165, 1.54) is 6.42 Å². The van der Waals surface area contributed by atoms with Crippen LogP contribution in [0.3, 0.4) is 0 Å². The van der Waals surface area contributed by atoms with E-state index in [0.717, 1.165) is 56.7 Å². The highest BCUT2D eigenvalue weighted by molar-refractivity contribution is 9.09.